The minimum absolute atomic E-state index is 0. The van der Waals surface area contributed by atoms with Gasteiger partial charge < -0.3 is 39.1 Å². The van der Waals surface area contributed by atoms with Crippen molar-refractivity contribution in [3.63, 3.8) is 0 Å². The number of allylic oxidation sites excluding steroid dienone is 3. The molecular weight excluding hydrogens is 777 g/mol. The molecule has 11 nitrogen and oxygen atoms in total. The van der Waals surface area contributed by atoms with Crippen LogP contribution in [0.4, 0.5) is 4.79 Å². The van der Waals surface area contributed by atoms with Crippen molar-refractivity contribution in [2.24, 2.45) is 5.92 Å². The lowest BCUT2D eigenvalue weighted by Crippen LogP contribution is -2.51. The molecule has 12 heteroatoms. The second-order valence-electron chi connectivity index (χ2n) is 17.9. The maximum atomic E-state index is 14.1. The minimum atomic E-state index is -1.61. The summed E-state index contributed by atoms with van der Waals surface area (Å²) in [7, 11) is -1.61. The summed E-state index contributed by atoms with van der Waals surface area (Å²) < 4.78 is 32.3. The van der Waals surface area contributed by atoms with E-state index in [2.05, 4.69) is 56.2 Å². The third-order valence-electron chi connectivity index (χ3n) is 12.2. The Morgan fingerprint density at radius 3 is 2.32 bits per heavy atom. The highest BCUT2D eigenvalue weighted by Gasteiger charge is 2.42. The average molecular weight is 861 g/mol. The van der Waals surface area contributed by atoms with Gasteiger partial charge in [0.25, 0.3) is 0 Å². The Kier molecular flexibility index (Phi) is 22.6. The molecule has 7 atom stereocenters. The van der Waals surface area contributed by atoms with Crippen LogP contribution < -0.4 is 6.15 Å². The first kappa shape index (κ1) is 53.4. The lowest BCUT2D eigenvalue weighted by molar-refractivity contribution is -0.221. The van der Waals surface area contributed by atoms with E-state index in [1.54, 1.807) is 6.20 Å². The fourth-order valence-corrected chi connectivity index (χ4v) is 8.99. The highest BCUT2D eigenvalue weighted by molar-refractivity contribution is 8.29. The van der Waals surface area contributed by atoms with Gasteiger partial charge in [0, 0.05) is 54.2 Å². The highest BCUT2D eigenvalue weighted by Crippen LogP contribution is 2.55. The monoisotopic (exact) mass is 861 g/mol. The van der Waals surface area contributed by atoms with Crippen LogP contribution in [0.1, 0.15) is 139 Å². The fourth-order valence-electron chi connectivity index (χ4n) is 7.86. The predicted octanol–water partition coefficient (Wildman–Crippen LogP) is 10.9. The molecule has 0 spiro atoms. The van der Waals surface area contributed by atoms with Crippen LogP contribution >= 0.6 is 10.3 Å². The number of carbonyl (C=O) groups excluding carboxylic acids is 2. The van der Waals surface area contributed by atoms with Crippen LogP contribution in [0.25, 0.3) is 0 Å². The Morgan fingerprint density at radius 1 is 1.05 bits per heavy atom. The first-order chi connectivity index (χ1) is 27.9. The van der Waals surface area contributed by atoms with Crippen molar-refractivity contribution < 1.29 is 32.7 Å². The van der Waals surface area contributed by atoms with Gasteiger partial charge in [-0.25, -0.2) is 4.79 Å². The molecule has 1 amide bonds. The van der Waals surface area contributed by atoms with Crippen molar-refractivity contribution in [3.05, 3.63) is 66.0 Å². The van der Waals surface area contributed by atoms with Crippen LogP contribution in [0.5, 0.6) is 0 Å². The zero-order valence-corrected chi connectivity index (χ0v) is 40.6. The van der Waals surface area contributed by atoms with E-state index in [1.807, 2.05) is 95.9 Å². The van der Waals surface area contributed by atoms with Gasteiger partial charge in [0.2, 0.25) is 0 Å². The molecule has 60 heavy (non-hydrogen) atoms. The Balaban J connectivity index is 0.00000407. The number of amides is 1. The Bertz CT molecular complexity index is 1500. The molecular formula is C48H84N4O7S. The summed E-state index contributed by atoms with van der Waals surface area (Å²) in [5.74, 6) is -0.451. The van der Waals surface area contributed by atoms with Gasteiger partial charge in [-0.3, -0.25) is 9.78 Å². The molecule has 0 radical (unpaired) electrons. The lowest BCUT2D eigenvalue weighted by Gasteiger charge is -2.46. The summed E-state index contributed by atoms with van der Waals surface area (Å²) in [6.07, 6.45) is 20.3. The molecule has 1 aromatic rings. The van der Waals surface area contributed by atoms with Crippen molar-refractivity contribution in [2.75, 3.05) is 45.3 Å². The van der Waals surface area contributed by atoms with Crippen molar-refractivity contribution >= 4 is 22.4 Å². The number of carbonyl (C=O) groups is 2. The van der Waals surface area contributed by atoms with E-state index in [1.165, 1.54) is 19.3 Å². The number of hydrogen-bond acceptors (Lipinski definition) is 10. The summed E-state index contributed by atoms with van der Waals surface area (Å²) >= 11 is 0. The normalized spacial score (nSPS) is 27.5. The summed E-state index contributed by atoms with van der Waals surface area (Å²) in [6, 6.07) is 6.43. The quantitative estimate of drug-likeness (QED) is 0.0936. The fraction of sp³-hybridized carbons (Fsp3) is 0.729. The van der Waals surface area contributed by atoms with Crippen LogP contribution in [0.2, 0.25) is 0 Å². The van der Waals surface area contributed by atoms with E-state index < -0.39 is 40.5 Å². The SMILES string of the molecule is CC.CCOC(C)O[C@]1(C)CC[C@@H](OS(C)(C)C(C)(C)C)CC(=O)O[C@H](/C(C)=C/C=C/[C@@H](C)c2ccccn2)[C@@H](C)/C=C/[C@@H]1OC(=O)N1CCC(N2CCCCC2)CC1.N. The largest absolute Gasteiger partial charge is 0.457 e. The second-order valence-corrected chi connectivity index (χ2v) is 21.8. The van der Waals surface area contributed by atoms with E-state index >= 15 is 0 Å². The summed E-state index contributed by atoms with van der Waals surface area (Å²) in [5, 5.41) is 0. The first-order valence-corrected chi connectivity index (χ1v) is 24.8. The molecule has 0 aliphatic carbocycles. The van der Waals surface area contributed by atoms with E-state index in [-0.39, 0.29) is 41.2 Å². The van der Waals surface area contributed by atoms with Gasteiger partial charge in [0.1, 0.15) is 11.7 Å². The number of pyridine rings is 1. The molecule has 3 N–H and O–H groups in total. The van der Waals surface area contributed by atoms with E-state index in [0.717, 1.165) is 37.2 Å². The standard InChI is InChI=1S/C46H75N3O7S.C2H6.H3N/c1-12-52-37(5)55-46(9)27-24-39(56-57(10,11)45(6,7)8)33-42(50)54-43(35(3)20-18-19-34(2)40-21-14-15-28-47-40)36(4)22-23-41(46)53-44(51)49-31-25-38(26-32-49)48-29-16-13-17-30-48;1-2;/h14-15,18-23,28,34,36-39,41,43H,12-13,16-17,24-27,29-33H2,1-11H3;1-2H3;1H3/b19-18+,23-22+,35-20+;;/t34-,36+,37?,39-,41+,43-,46-;;/m1../s1. The van der Waals surface area contributed by atoms with E-state index in [4.69, 9.17) is 23.1 Å². The highest BCUT2D eigenvalue weighted by atomic mass is 32.3. The second kappa shape index (κ2) is 25.4. The predicted molar refractivity (Wildman–Crippen MR) is 249 cm³/mol. The van der Waals surface area contributed by atoms with Gasteiger partial charge in [-0.2, -0.15) is 0 Å². The van der Waals surface area contributed by atoms with Gasteiger partial charge in [-0.15, -0.1) is 10.3 Å². The molecule has 1 aromatic heterocycles. The van der Waals surface area contributed by atoms with Gasteiger partial charge in [0.05, 0.1) is 12.5 Å². The maximum Gasteiger partial charge on any atom is 0.410 e. The van der Waals surface area contributed by atoms with E-state index in [0.29, 0.717) is 38.6 Å². The van der Waals surface area contributed by atoms with E-state index in [9.17, 15) is 9.59 Å². The topological polar surface area (TPSA) is 135 Å². The Hall–Kier alpha value is -2.74. The molecule has 344 valence electrons. The van der Waals surface area contributed by atoms with Crippen molar-refractivity contribution in [1.82, 2.24) is 20.9 Å². The molecule has 3 aliphatic heterocycles. The number of hydrogen-bond donors (Lipinski definition) is 1. The molecule has 0 aromatic carbocycles. The Morgan fingerprint density at radius 2 is 1.72 bits per heavy atom. The molecule has 4 rings (SSSR count). The smallest absolute Gasteiger partial charge is 0.410 e. The number of aromatic nitrogens is 1. The van der Waals surface area contributed by atoms with Crippen LogP contribution in [-0.4, -0.2) is 113 Å². The molecule has 2 saturated heterocycles. The zero-order valence-electron chi connectivity index (χ0n) is 39.7. The summed E-state index contributed by atoms with van der Waals surface area (Å²) in [5.41, 5.74) is 0.883. The number of cyclic esters (lactones) is 1. The maximum absolute atomic E-state index is 14.1. The van der Waals surface area contributed by atoms with Crippen LogP contribution in [0.3, 0.4) is 0 Å². The van der Waals surface area contributed by atoms with Crippen molar-refractivity contribution in [2.45, 2.75) is 174 Å². The van der Waals surface area contributed by atoms with Crippen LogP contribution in [0, 0.1) is 5.92 Å². The van der Waals surface area contributed by atoms with Crippen LogP contribution in [0.15, 0.2) is 60.3 Å². The molecule has 0 saturated carbocycles. The van der Waals surface area contributed by atoms with Gasteiger partial charge >= 0.3 is 12.1 Å². The lowest BCUT2D eigenvalue weighted by atomic mass is 9.88. The molecule has 3 aliphatic rings. The number of esters is 1. The third-order valence-corrected chi connectivity index (χ3v) is 15.9. The minimum Gasteiger partial charge on any atom is -0.457 e. The van der Waals surface area contributed by atoms with Gasteiger partial charge in [-0.05, 0) is 116 Å². The average Bonchev–Trinajstić information content (AvgIpc) is 3.21. The number of piperidine rings is 2. The van der Waals surface area contributed by atoms with Crippen molar-refractivity contribution in [3.8, 4) is 0 Å². The van der Waals surface area contributed by atoms with Gasteiger partial charge in [-0.1, -0.05) is 85.3 Å². The van der Waals surface area contributed by atoms with Crippen LogP contribution in [-0.2, 0) is 27.9 Å². The first-order valence-electron chi connectivity index (χ1n) is 22.5. The molecule has 4 heterocycles. The third kappa shape index (κ3) is 16.2. The summed E-state index contributed by atoms with van der Waals surface area (Å²) in [6.45, 7) is 26.6. The number of nitrogens with zero attached hydrogens (tertiary/aromatic N) is 3. The Labute approximate surface area is 366 Å². The van der Waals surface area contributed by atoms with Crippen molar-refractivity contribution in [1.29, 1.82) is 0 Å². The summed E-state index contributed by atoms with van der Waals surface area (Å²) in [4.78, 5) is 37.0. The molecule has 2 fully saturated rings. The zero-order chi connectivity index (χ0) is 43.8. The van der Waals surface area contributed by atoms with Gasteiger partial charge in [0.15, 0.2) is 12.4 Å². The molecule has 0 bridgehead atoms. The molecule has 1 unspecified atom stereocenters. The number of rotatable bonds is 12. The number of likely N-dealkylation sites (tertiary alicyclic amines) is 2. The number of ether oxygens (including phenoxy) is 4.